The molecule has 2 aromatic carbocycles. The molecule has 1 aliphatic rings. The molecular weight excluding hydrogens is 378 g/mol. The quantitative estimate of drug-likeness (QED) is 0.763. The zero-order valence-electron chi connectivity index (χ0n) is 16.0. The van der Waals surface area contributed by atoms with E-state index in [-0.39, 0.29) is 18.2 Å². The van der Waals surface area contributed by atoms with Crippen molar-refractivity contribution in [2.24, 2.45) is 0 Å². The minimum atomic E-state index is -3.51. The molecule has 2 aromatic rings. The molecular formula is C20H25N3O4S. The monoisotopic (exact) mass is 403 g/mol. The van der Waals surface area contributed by atoms with Crippen LogP contribution in [0.5, 0.6) is 5.75 Å². The van der Waals surface area contributed by atoms with Gasteiger partial charge in [0.05, 0.1) is 18.0 Å². The molecule has 1 N–H and O–H groups in total. The Balaban J connectivity index is 1.64. The van der Waals surface area contributed by atoms with Crippen molar-refractivity contribution in [1.82, 2.24) is 5.32 Å². The fraction of sp³-hybridized carbons (Fsp3) is 0.350. The molecule has 0 unspecified atom stereocenters. The highest BCUT2D eigenvalue weighted by atomic mass is 32.2. The first-order valence-electron chi connectivity index (χ1n) is 9.22. The van der Waals surface area contributed by atoms with E-state index in [1.54, 1.807) is 31.2 Å². The normalized spacial score (nSPS) is 16.1. The van der Waals surface area contributed by atoms with Crippen molar-refractivity contribution in [3.05, 3.63) is 54.6 Å². The second-order valence-corrected chi connectivity index (χ2v) is 8.74. The number of rotatable bonds is 7. The summed E-state index contributed by atoms with van der Waals surface area (Å²) in [4.78, 5) is 14.6. The highest BCUT2D eigenvalue weighted by Crippen LogP contribution is 2.35. The molecule has 0 spiro atoms. The number of carbonyl (C=O) groups is 1. The van der Waals surface area contributed by atoms with Crippen LogP contribution in [-0.2, 0) is 14.8 Å². The Morgan fingerprint density at radius 3 is 2.57 bits per heavy atom. The van der Waals surface area contributed by atoms with Crippen LogP contribution in [-0.4, -0.2) is 52.9 Å². The molecule has 0 saturated heterocycles. The predicted octanol–water partition coefficient (Wildman–Crippen LogP) is 1.86. The number of likely N-dealkylation sites (N-methyl/N-ethyl adjacent to an activating group) is 1. The molecule has 150 valence electrons. The average Bonchev–Trinajstić information content (AvgIpc) is 2.73. The van der Waals surface area contributed by atoms with Crippen LogP contribution >= 0.6 is 0 Å². The van der Waals surface area contributed by atoms with Crippen molar-refractivity contribution < 1.29 is 17.9 Å². The lowest BCUT2D eigenvalue weighted by atomic mass is 10.2. The van der Waals surface area contributed by atoms with Crippen LogP contribution < -0.4 is 19.3 Å². The highest BCUT2D eigenvalue weighted by molar-refractivity contribution is 7.92. The molecule has 0 bridgehead atoms. The van der Waals surface area contributed by atoms with Crippen LogP contribution in [0.3, 0.4) is 0 Å². The number of amides is 1. The van der Waals surface area contributed by atoms with Gasteiger partial charge >= 0.3 is 0 Å². The predicted molar refractivity (Wildman–Crippen MR) is 110 cm³/mol. The molecule has 0 radical (unpaired) electrons. The summed E-state index contributed by atoms with van der Waals surface area (Å²) in [6.07, 6.45) is -0.891. The summed E-state index contributed by atoms with van der Waals surface area (Å²) in [6, 6.07) is 16.7. The Labute approximate surface area is 166 Å². The number of benzene rings is 2. The van der Waals surface area contributed by atoms with E-state index < -0.39 is 16.1 Å². The molecule has 1 amide bonds. The van der Waals surface area contributed by atoms with Crippen LogP contribution in [0.15, 0.2) is 54.6 Å². The summed E-state index contributed by atoms with van der Waals surface area (Å²) in [6.45, 7) is 2.59. The fourth-order valence-electron chi connectivity index (χ4n) is 3.03. The summed E-state index contributed by atoms with van der Waals surface area (Å²) >= 11 is 0. The van der Waals surface area contributed by atoms with E-state index in [4.69, 9.17) is 4.74 Å². The second-order valence-electron chi connectivity index (χ2n) is 6.55. The Morgan fingerprint density at radius 2 is 1.86 bits per heavy atom. The summed E-state index contributed by atoms with van der Waals surface area (Å²) < 4.78 is 32.0. The molecule has 28 heavy (non-hydrogen) atoms. The number of carbonyl (C=O) groups excluding carboxylic acids is 1. The van der Waals surface area contributed by atoms with Crippen LogP contribution in [0.4, 0.5) is 11.4 Å². The average molecular weight is 404 g/mol. The van der Waals surface area contributed by atoms with Gasteiger partial charge in [0.25, 0.3) is 5.91 Å². The van der Waals surface area contributed by atoms with Crippen LogP contribution in [0.1, 0.15) is 6.92 Å². The van der Waals surface area contributed by atoms with E-state index >= 15 is 0 Å². The number of para-hydroxylation sites is 3. The molecule has 8 heteroatoms. The second kappa shape index (κ2) is 8.52. The minimum absolute atomic E-state index is 0.0342. The van der Waals surface area contributed by atoms with Crippen LogP contribution in [0, 0.1) is 0 Å². The molecule has 0 saturated carbocycles. The number of hydrogen-bond donors (Lipinski definition) is 1. The first kappa shape index (κ1) is 20.0. The minimum Gasteiger partial charge on any atom is -0.476 e. The Hall–Kier alpha value is -2.74. The molecule has 1 atom stereocenters. The topological polar surface area (TPSA) is 79.0 Å². The maximum absolute atomic E-state index is 12.6. The van der Waals surface area contributed by atoms with Crippen molar-refractivity contribution in [3.63, 3.8) is 0 Å². The van der Waals surface area contributed by atoms with Gasteiger partial charge in [-0.05, 0) is 31.2 Å². The third-order valence-corrected chi connectivity index (χ3v) is 6.42. The maximum atomic E-state index is 12.6. The Kier molecular flexibility index (Phi) is 6.08. The van der Waals surface area contributed by atoms with E-state index in [2.05, 4.69) is 5.32 Å². The number of anilines is 2. The summed E-state index contributed by atoms with van der Waals surface area (Å²) in [5.41, 5.74) is 1.53. The highest BCUT2D eigenvalue weighted by Gasteiger charge is 2.35. The van der Waals surface area contributed by atoms with Gasteiger partial charge in [0.1, 0.15) is 5.75 Å². The first-order chi connectivity index (χ1) is 13.4. The van der Waals surface area contributed by atoms with Crippen molar-refractivity contribution in [2.45, 2.75) is 13.0 Å². The van der Waals surface area contributed by atoms with E-state index in [1.165, 1.54) is 4.31 Å². The van der Waals surface area contributed by atoms with Crippen molar-refractivity contribution in [3.8, 4) is 5.75 Å². The smallest absolute Gasteiger partial charge is 0.263 e. The standard InChI is InChI=1S/C20H25N3O4S/c1-3-28(25,26)23-15-19(27-18-12-8-7-11-17(18)23)20(24)21-13-14-22(2)16-9-5-4-6-10-16/h4-12,19H,3,13-15H2,1-2H3,(H,21,24)/t19-/m0/s1. The number of nitrogens with one attached hydrogen (secondary N) is 1. The zero-order valence-corrected chi connectivity index (χ0v) is 16.9. The molecule has 7 nitrogen and oxygen atoms in total. The van der Waals surface area contributed by atoms with Gasteiger partial charge in [0.15, 0.2) is 6.10 Å². The molecule has 0 aromatic heterocycles. The van der Waals surface area contributed by atoms with E-state index in [0.717, 1.165) is 5.69 Å². The molecule has 0 aliphatic carbocycles. The number of hydrogen-bond acceptors (Lipinski definition) is 5. The van der Waals surface area contributed by atoms with Crippen molar-refractivity contribution in [1.29, 1.82) is 0 Å². The lowest BCUT2D eigenvalue weighted by molar-refractivity contribution is -0.127. The van der Waals surface area contributed by atoms with E-state index in [9.17, 15) is 13.2 Å². The van der Waals surface area contributed by atoms with Crippen LogP contribution in [0.2, 0.25) is 0 Å². The number of fused-ring (bicyclic) bond motifs is 1. The molecule has 1 heterocycles. The van der Waals surface area contributed by atoms with Gasteiger partial charge in [-0.15, -0.1) is 0 Å². The first-order valence-corrected chi connectivity index (χ1v) is 10.8. The number of nitrogens with zero attached hydrogens (tertiary/aromatic N) is 2. The molecule has 1 aliphatic heterocycles. The molecule has 0 fully saturated rings. The Bertz CT molecular complexity index is 918. The maximum Gasteiger partial charge on any atom is 0.263 e. The summed E-state index contributed by atoms with van der Waals surface area (Å²) in [5, 5.41) is 2.85. The largest absolute Gasteiger partial charge is 0.476 e. The van der Waals surface area contributed by atoms with Gasteiger partial charge < -0.3 is 15.0 Å². The lowest BCUT2D eigenvalue weighted by Gasteiger charge is -2.34. The summed E-state index contributed by atoms with van der Waals surface area (Å²) in [5.74, 6) is 0.0250. The van der Waals surface area contributed by atoms with Crippen LogP contribution in [0.25, 0.3) is 0 Å². The zero-order chi connectivity index (χ0) is 20.1. The van der Waals surface area contributed by atoms with Crippen molar-refractivity contribution >= 4 is 27.3 Å². The third-order valence-electron chi connectivity index (χ3n) is 4.67. The van der Waals surface area contributed by atoms with Gasteiger partial charge in [0.2, 0.25) is 10.0 Å². The lowest BCUT2D eigenvalue weighted by Crippen LogP contribution is -2.51. The fourth-order valence-corrected chi connectivity index (χ4v) is 4.15. The van der Waals surface area contributed by atoms with E-state index in [1.807, 2.05) is 42.3 Å². The molecule has 3 rings (SSSR count). The Morgan fingerprint density at radius 1 is 1.18 bits per heavy atom. The van der Waals surface area contributed by atoms with Gasteiger partial charge in [-0.1, -0.05) is 30.3 Å². The SMILES string of the molecule is CCS(=O)(=O)N1C[C@@H](C(=O)NCCN(C)c2ccccc2)Oc2ccccc21. The van der Waals surface area contributed by atoms with Gasteiger partial charge in [-0.2, -0.15) is 0 Å². The number of ether oxygens (including phenoxy) is 1. The number of sulfonamides is 1. The van der Waals surface area contributed by atoms with Gasteiger partial charge in [-0.25, -0.2) is 8.42 Å². The van der Waals surface area contributed by atoms with Crippen molar-refractivity contribution in [2.75, 3.05) is 41.6 Å². The van der Waals surface area contributed by atoms with Gasteiger partial charge in [0, 0.05) is 25.8 Å². The van der Waals surface area contributed by atoms with E-state index in [0.29, 0.717) is 24.5 Å². The van der Waals surface area contributed by atoms with Gasteiger partial charge in [-0.3, -0.25) is 9.10 Å². The third kappa shape index (κ3) is 4.39. The summed E-state index contributed by atoms with van der Waals surface area (Å²) in [7, 11) is -1.56.